The van der Waals surface area contributed by atoms with Crippen LogP contribution in [0.2, 0.25) is 0 Å². The van der Waals surface area contributed by atoms with Crippen molar-refractivity contribution in [3.63, 3.8) is 0 Å². The Kier molecular flexibility index (Phi) is 6.73. The smallest absolute Gasteiger partial charge is 0.306 e. The van der Waals surface area contributed by atoms with Crippen molar-refractivity contribution in [2.24, 2.45) is 0 Å². The molecular formula is C27H23FN2O6. The molecule has 0 saturated carbocycles. The van der Waals surface area contributed by atoms with E-state index < -0.39 is 22.3 Å². The monoisotopic (exact) mass is 490 g/mol. The second-order valence-electron chi connectivity index (χ2n) is 8.08. The van der Waals surface area contributed by atoms with E-state index in [-0.39, 0.29) is 5.69 Å². The highest BCUT2D eigenvalue weighted by Crippen LogP contribution is 2.40. The van der Waals surface area contributed by atoms with Gasteiger partial charge < -0.3 is 19.2 Å². The van der Waals surface area contributed by atoms with E-state index in [1.807, 2.05) is 37.3 Å². The summed E-state index contributed by atoms with van der Waals surface area (Å²) in [5.41, 5.74) is 3.89. The van der Waals surface area contributed by atoms with E-state index in [1.54, 1.807) is 20.3 Å². The number of hydrogen-bond acceptors (Lipinski definition) is 6. The molecule has 36 heavy (non-hydrogen) atoms. The molecule has 0 unspecified atom stereocenters. The average molecular weight is 490 g/mol. The summed E-state index contributed by atoms with van der Waals surface area (Å²) in [4.78, 5) is 22.8. The van der Waals surface area contributed by atoms with E-state index in [0.717, 1.165) is 40.0 Å². The Balaban J connectivity index is 1.72. The number of nitrogens with zero attached hydrogens (tertiary/aromatic N) is 1. The molecule has 9 heteroatoms. The van der Waals surface area contributed by atoms with Crippen molar-refractivity contribution in [3.8, 4) is 22.6 Å². The molecule has 1 N–H and O–H groups in total. The highest BCUT2D eigenvalue weighted by molar-refractivity contribution is 6.06. The molecule has 0 saturated heterocycles. The topological polar surface area (TPSA) is 104 Å². The number of ether oxygens (including phenoxy) is 2. The van der Waals surface area contributed by atoms with Gasteiger partial charge in [0, 0.05) is 39.9 Å². The van der Waals surface area contributed by atoms with Crippen LogP contribution in [0.5, 0.6) is 11.5 Å². The third kappa shape index (κ3) is 4.63. The first kappa shape index (κ1) is 24.5. The zero-order chi connectivity index (χ0) is 26.0. The molecule has 0 spiro atoms. The number of hydrogen-bond donors (Lipinski definition) is 1. The van der Waals surface area contributed by atoms with Gasteiger partial charge in [0.25, 0.3) is 0 Å². The fourth-order valence-corrected chi connectivity index (χ4v) is 4.05. The molecule has 3 aromatic carbocycles. The summed E-state index contributed by atoms with van der Waals surface area (Å²) in [5, 5.41) is 14.4. The van der Waals surface area contributed by atoms with Gasteiger partial charge in [-0.15, -0.1) is 0 Å². The summed E-state index contributed by atoms with van der Waals surface area (Å²) < 4.78 is 30.4. The number of aryl methyl sites for hydroxylation is 1. The van der Waals surface area contributed by atoms with E-state index in [4.69, 9.17) is 13.9 Å². The number of nitro groups is 1. The number of anilines is 1. The molecule has 184 valence electrons. The Hall–Kier alpha value is -4.66. The highest BCUT2D eigenvalue weighted by Gasteiger charge is 2.19. The van der Waals surface area contributed by atoms with Crippen molar-refractivity contribution in [2.75, 3.05) is 19.5 Å². The van der Waals surface area contributed by atoms with Crippen LogP contribution in [-0.4, -0.2) is 25.1 Å². The molecule has 8 nitrogen and oxygen atoms in total. The van der Waals surface area contributed by atoms with E-state index >= 15 is 0 Å². The zero-order valence-corrected chi connectivity index (χ0v) is 20.0. The summed E-state index contributed by atoms with van der Waals surface area (Å²) in [6.07, 6.45) is 3.03. The molecule has 0 aliphatic carbocycles. The number of nitro benzene ring substituents is 1. The van der Waals surface area contributed by atoms with Gasteiger partial charge in [0.05, 0.1) is 25.4 Å². The number of nitrogens with one attached hydrogen (secondary N) is 1. The van der Waals surface area contributed by atoms with Gasteiger partial charge in [-0.2, -0.15) is 4.39 Å². The Bertz CT molecular complexity index is 1510. The SMILES string of the molecule is COc1ccc(-c2coc3c(C)c(OC)c(/C(C)=C/C(=O)Nc4ccc(F)c([N+](=O)[O-])c4)cc23)cc1. The van der Waals surface area contributed by atoms with Crippen LogP contribution in [0.15, 0.2) is 65.3 Å². The van der Waals surface area contributed by atoms with Crippen LogP contribution in [0.1, 0.15) is 18.1 Å². The second-order valence-corrected chi connectivity index (χ2v) is 8.08. The van der Waals surface area contributed by atoms with Crippen LogP contribution < -0.4 is 14.8 Å². The minimum absolute atomic E-state index is 0.104. The van der Waals surface area contributed by atoms with Gasteiger partial charge in [0.1, 0.15) is 17.1 Å². The normalized spacial score (nSPS) is 11.4. The number of benzene rings is 3. The van der Waals surface area contributed by atoms with Gasteiger partial charge >= 0.3 is 5.69 Å². The van der Waals surface area contributed by atoms with Crippen LogP contribution in [0.3, 0.4) is 0 Å². The van der Waals surface area contributed by atoms with Gasteiger partial charge in [-0.05, 0) is 55.3 Å². The number of methoxy groups -OCH3 is 2. The third-order valence-electron chi connectivity index (χ3n) is 5.83. The molecule has 1 aromatic heterocycles. The molecule has 0 fully saturated rings. The molecule has 0 radical (unpaired) electrons. The van der Waals surface area contributed by atoms with Crippen molar-refractivity contribution in [2.45, 2.75) is 13.8 Å². The lowest BCUT2D eigenvalue weighted by Crippen LogP contribution is -2.09. The average Bonchev–Trinajstić information content (AvgIpc) is 3.29. The number of carbonyl (C=O) groups excluding carboxylic acids is 1. The van der Waals surface area contributed by atoms with Gasteiger partial charge in [0.15, 0.2) is 0 Å². The molecule has 0 aliphatic heterocycles. The summed E-state index contributed by atoms with van der Waals surface area (Å²) >= 11 is 0. The van der Waals surface area contributed by atoms with Gasteiger partial charge in [-0.3, -0.25) is 14.9 Å². The first-order chi connectivity index (χ1) is 17.2. The molecule has 0 bridgehead atoms. The molecule has 0 aliphatic rings. The summed E-state index contributed by atoms with van der Waals surface area (Å²) in [5.74, 6) is -0.222. The largest absolute Gasteiger partial charge is 0.497 e. The molecule has 0 atom stereocenters. The van der Waals surface area contributed by atoms with Crippen LogP contribution in [0.25, 0.3) is 27.7 Å². The molecule has 1 amide bonds. The number of amides is 1. The first-order valence-electron chi connectivity index (χ1n) is 10.9. The molecule has 4 aromatic rings. The minimum Gasteiger partial charge on any atom is -0.497 e. The number of furan rings is 1. The molecular weight excluding hydrogens is 467 g/mol. The summed E-state index contributed by atoms with van der Waals surface area (Å²) in [6.45, 7) is 3.62. The van der Waals surface area contributed by atoms with Crippen molar-refractivity contribution in [3.05, 3.63) is 87.9 Å². The van der Waals surface area contributed by atoms with Crippen molar-refractivity contribution in [1.82, 2.24) is 0 Å². The van der Waals surface area contributed by atoms with Crippen molar-refractivity contribution >= 4 is 33.8 Å². The zero-order valence-electron chi connectivity index (χ0n) is 20.0. The molecule has 4 rings (SSSR count). The van der Waals surface area contributed by atoms with Crippen LogP contribution in [0.4, 0.5) is 15.8 Å². The standard InChI is InChI=1S/C27H23FN2O6/c1-15(11-25(31)29-18-7-10-23(28)24(12-18)30(32)33)20-13-21-22(17-5-8-19(34-3)9-6-17)14-36-27(21)16(2)26(20)35-4/h5-14H,1-4H3,(H,29,31)/b15-11+. The van der Waals surface area contributed by atoms with Crippen molar-refractivity contribution < 1.29 is 28.0 Å². The predicted octanol–water partition coefficient (Wildman–Crippen LogP) is 6.51. The minimum atomic E-state index is -0.981. The van der Waals surface area contributed by atoms with Gasteiger partial charge in [0.2, 0.25) is 11.7 Å². The van der Waals surface area contributed by atoms with Crippen LogP contribution in [-0.2, 0) is 4.79 Å². The third-order valence-corrected chi connectivity index (χ3v) is 5.83. The molecule has 1 heterocycles. The van der Waals surface area contributed by atoms with Gasteiger partial charge in [-0.1, -0.05) is 12.1 Å². The second kappa shape index (κ2) is 9.91. The highest BCUT2D eigenvalue weighted by atomic mass is 19.1. The maximum atomic E-state index is 13.6. The first-order valence-corrected chi connectivity index (χ1v) is 10.9. The number of halogens is 1. The predicted molar refractivity (Wildman–Crippen MR) is 135 cm³/mol. The Labute approximate surface area is 206 Å². The van der Waals surface area contributed by atoms with E-state index in [2.05, 4.69) is 5.32 Å². The van der Waals surface area contributed by atoms with Crippen LogP contribution >= 0.6 is 0 Å². The lowest BCUT2D eigenvalue weighted by Gasteiger charge is -2.13. The number of fused-ring (bicyclic) bond motifs is 1. The summed E-state index contributed by atoms with van der Waals surface area (Å²) in [7, 11) is 3.14. The Morgan fingerprint density at radius 3 is 2.47 bits per heavy atom. The Morgan fingerprint density at radius 2 is 1.83 bits per heavy atom. The van der Waals surface area contributed by atoms with Crippen molar-refractivity contribution in [1.29, 1.82) is 0 Å². The lowest BCUT2D eigenvalue weighted by atomic mass is 9.96. The maximum absolute atomic E-state index is 13.6. The quantitative estimate of drug-likeness (QED) is 0.180. The fraction of sp³-hybridized carbons (Fsp3) is 0.148. The van der Waals surface area contributed by atoms with Gasteiger partial charge in [-0.25, -0.2) is 0 Å². The van der Waals surface area contributed by atoms with E-state index in [1.165, 1.54) is 19.3 Å². The summed E-state index contributed by atoms with van der Waals surface area (Å²) in [6, 6.07) is 12.6. The van der Waals surface area contributed by atoms with E-state index in [0.29, 0.717) is 22.5 Å². The number of rotatable bonds is 7. The maximum Gasteiger partial charge on any atom is 0.306 e. The lowest BCUT2D eigenvalue weighted by molar-refractivity contribution is -0.387. The Morgan fingerprint density at radius 1 is 1.11 bits per heavy atom. The van der Waals surface area contributed by atoms with Crippen LogP contribution in [0, 0.1) is 22.9 Å². The number of allylic oxidation sites excluding steroid dienone is 1. The van der Waals surface area contributed by atoms with E-state index in [9.17, 15) is 19.3 Å². The number of carbonyl (C=O) groups is 1. The fourth-order valence-electron chi connectivity index (χ4n) is 4.05.